The lowest BCUT2D eigenvalue weighted by atomic mass is 10.0. The Labute approximate surface area is 182 Å². The molecule has 0 aliphatic heterocycles. The molecule has 0 saturated heterocycles. The van der Waals surface area contributed by atoms with Gasteiger partial charge in [-0.05, 0) is 48.7 Å². The number of aryl methyl sites for hydroxylation is 1. The highest BCUT2D eigenvalue weighted by molar-refractivity contribution is 7.18. The van der Waals surface area contributed by atoms with Crippen LogP contribution in [-0.4, -0.2) is 21.5 Å². The standard InChI is InChI=1S/C24H24N4OS.H2/c1-3-11-25-24-26-14-23(30-24)22-13-21(27-16-28-22)20-10-9-19(12-17(20)2)29-15-18-7-5-4-6-8-18;/h4-10,12-14,16H,3,11,15H2,1-2H3,(H,25,26);1H. The summed E-state index contributed by atoms with van der Waals surface area (Å²) < 4.78 is 5.95. The molecule has 4 rings (SSSR count). The van der Waals surface area contributed by atoms with Crippen molar-refractivity contribution in [2.24, 2.45) is 0 Å². The second kappa shape index (κ2) is 9.50. The number of hydrogen-bond acceptors (Lipinski definition) is 6. The molecule has 4 aromatic rings. The zero-order chi connectivity index (χ0) is 20.8. The van der Waals surface area contributed by atoms with Crippen LogP contribution in [0.5, 0.6) is 5.75 Å². The topological polar surface area (TPSA) is 59.9 Å². The van der Waals surface area contributed by atoms with Crippen molar-refractivity contribution in [3.05, 3.63) is 78.2 Å². The molecule has 6 heteroatoms. The van der Waals surface area contributed by atoms with E-state index in [4.69, 9.17) is 4.74 Å². The van der Waals surface area contributed by atoms with Crippen molar-refractivity contribution in [2.75, 3.05) is 11.9 Å². The lowest BCUT2D eigenvalue weighted by Crippen LogP contribution is -1.97. The molecule has 0 saturated carbocycles. The minimum absolute atomic E-state index is 0. The average Bonchev–Trinajstić information content (AvgIpc) is 3.26. The zero-order valence-electron chi connectivity index (χ0n) is 17.1. The normalized spacial score (nSPS) is 10.7. The summed E-state index contributed by atoms with van der Waals surface area (Å²) in [5, 5.41) is 4.24. The molecular formula is C24H26N4OS. The maximum atomic E-state index is 5.95. The van der Waals surface area contributed by atoms with Crippen LogP contribution in [0.2, 0.25) is 0 Å². The molecule has 0 bridgehead atoms. The van der Waals surface area contributed by atoms with Gasteiger partial charge in [-0.15, -0.1) is 0 Å². The van der Waals surface area contributed by atoms with Gasteiger partial charge in [-0.1, -0.05) is 48.6 Å². The molecule has 2 aromatic heterocycles. The number of nitrogens with one attached hydrogen (secondary N) is 1. The third-order valence-electron chi connectivity index (χ3n) is 4.67. The lowest BCUT2D eigenvalue weighted by Gasteiger charge is -2.10. The van der Waals surface area contributed by atoms with Crippen LogP contribution >= 0.6 is 11.3 Å². The van der Waals surface area contributed by atoms with Crippen LogP contribution in [0.4, 0.5) is 5.13 Å². The SMILES string of the molecule is CCCNc1ncc(-c2cc(-c3ccc(OCc4ccccc4)cc3C)ncn2)s1.[HH]. The van der Waals surface area contributed by atoms with Crippen molar-refractivity contribution >= 4 is 16.5 Å². The van der Waals surface area contributed by atoms with Crippen LogP contribution in [0.1, 0.15) is 25.9 Å². The fourth-order valence-corrected chi connectivity index (χ4v) is 3.91. The smallest absolute Gasteiger partial charge is 0.183 e. The van der Waals surface area contributed by atoms with Gasteiger partial charge in [0.15, 0.2) is 5.13 Å². The molecule has 0 amide bonds. The van der Waals surface area contributed by atoms with E-state index in [-0.39, 0.29) is 1.43 Å². The number of aromatic nitrogens is 3. The maximum Gasteiger partial charge on any atom is 0.183 e. The van der Waals surface area contributed by atoms with Crippen LogP contribution in [0.3, 0.4) is 0 Å². The largest absolute Gasteiger partial charge is 0.489 e. The Bertz CT molecular complexity index is 1120. The molecule has 5 nitrogen and oxygen atoms in total. The number of nitrogens with zero attached hydrogens (tertiary/aromatic N) is 3. The van der Waals surface area contributed by atoms with Gasteiger partial charge in [0, 0.05) is 19.7 Å². The quantitative estimate of drug-likeness (QED) is 0.368. The maximum absolute atomic E-state index is 5.95. The first-order valence-electron chi connectivity index (χ1n) is 10.0. The Morgan fingerprint density at radius 3 is 2.63 bits per heavy atom. The minimum atomic E-state index is 0. The van der Waals surface area contributed by atoms with E-state index < -0.39 is 0 Å². The molecule has 1 N–H and O–H groups in total. The third kappa shape index (κ3) is 4.83. The number of ether oxygens (including phenoxy) is 1. The van der Waals surface area contributed by atoms with Crippen LogP contribution in [0.25, 0.3) is 21.8 Å². The minimum Gasteiger partial charge on any atom is -0.489 e. The summed E-state index contributed by atoms with van der Waals surface area (Å²) in [6.07, 6.45) is 4.54. The lowest BCUT2D eigenvalue weighted by molar-refractivity contribution is 0.306. The molecule has 0 aliphatic rings. The predicted octanol–water partition coefficient (Wildman–Crippen LogP) is 6.22. The summed E-state index contributed by atoms with van der Waals surface area (Å²) in [5.41, 5.74) is 5.10. The highest BCUT2D eigenvalue weighted by Crippen LogP contribution is 2.31. The van der Waals surface area contributed by atoms with Gasteiger partial charge >= 0.3 is 0 Å². The fourth-order valence-electron chi connectivity index (χ4n) is 3.10. The molecule has 30 heavy (non-hydrogen) atoms. The van der Waals surface area contributed by atoms with E-state index in [1.165, 1.54) is 0 Å². The Hall–Kier alpha value is -3.25. The molecule has 2 heterocycles. The molecule has 2 aromatic carbocycles. The van der Waals surface area contributed by atoms with Gasteiger partial charge in [-0.25, -0.2) is 15.0 Å². The van der Waals surface area contributed by atoms with Crippen LogP contribution in [-0.2, 0) is 6.61 Å². The highest BCUT2D eigenvalue weighted by atomic mass is 32.1. The van der Waals surface area contributed by atoms with Gasteiger partial charge in [0.05, 0.1) is 16.3 Å². The van der Waals surface area contributed by atoms with Gasteiger partial charge < -0.3 is 10.1 Å². The van der Waals surface area contributed by atoms with Gasteiger partial charge in [0.1, 0.15) is 18.7 Å². The average molecular weight is 419 g/mol. The summed E-state index contributed by atoms with van der Waals surface area (Å²) in [5.74, 6) is 0.850. The first-order valence-corrected chi connectivity index (χ1v) is 10.8. The molecule has 0 radical (unpaired) electrons. The van der Waals surface area contributed by atoms with Crippen LogP contribution < -0.4 is 10.1 Å². The van der Waals surface area contributed by atoms with Crippen molar-refractivity contribution in [1.29, 1.82) is 0 Å². The molecule has 0 atom stereocenters. The van der Waals surface area contributed by atoms with E-state index in [2.05, 4.69) is 58.4 Å². The van der Waals surface area contributed by atoms with Gasteiger partial charge in [-0.3, -0.25) is 0 Å². The Balaban J connectivity index is 0.00000272. The summed E-state index contributed by atoms with van der Waals surface area (Å²) >= 11 is 1.61. The van der Waals surface area contributed by atoms with E-state index in [0.717, 1.165) is 56.8 Å². The number of hydrogen-bond donors (Lipinski definition) is 1. The molecule has 0 spiro atoms. The summed E-state index contributed by atoms with van der Waals surface area (Å²) in [6, 6.07) is 18.3. The molecule has 0 aliphatic carbocycles. The molecule has 0 fully saturated rings. The van der Waals surface area contributed by atoms with E-state index in [0.29, 0.717) is 6.61 Å². The first-order chi connectivity index (χ1) is 14.7. The number of anilines is 1. The highest BCUT2D eigenvalue weighted by Gasteiger charge is 2.10. The summed E-state index contributed by atoms with van der Waals surface area (Å²) in [7, 11) is 0. The second-order valence-electron chi connectivity index (χ2n) is 7.00. The van der Waals surface area contributed by atoms with Crippen molar-refractivity contribution in [3.8, 4) is 27.6 Å². The van der Waals surface area contributed by atoms with Crippen LogP contribution in [0, 0.1) is 6.92 Å². The Morgan fingerprint density at radius 1 is 1.00 bits per heavy atom. The third-order valence-corrected chi connectivity index (χ3v) is 5.65. The second-order valence-corrected chi connectivity index (χ2v) is 8.03. The monoisotopic (exact) mass is 418 g/mol. The van der Waals surface area contributed by atoms with E-state index in [1.54, 1.807) is 17.7 Å². The number of benzene rings is 2. The van der Waals surface area contributed by atoms with Gasteiger partial charge in [0.25, 0.3) is 0 Å². The zero-order valence-corrected chi connectivity index (χ0v) is 17.9. The Kier molecular flexibility index (Phi) is 6.35. The van der Waals surface area contributed by atoms with Crippen molar-refractivity contribution in [1.82, 2.24) is 15.0 Å². The van der Waals surface area contributed by atoms with Crippen LogP contribution in [0.15, 0.2) is 67.1 Å². The van der Waals surface area contributed by atoms with Gasteiger partial charge in [0.2, 0.25) is 0 Å². The summed E-state index contributed by atoms with van der Waals surface area (Å²) in [6.45, 7) is 5.68. The number of rotatable bonds is 8. The summed E-state index contributed by atoms with van der Waals surface area (Å²) in [4.78, 5) is 14.4. The first kappa shape index (κ1) is 20.0. The molecular weight excluding hydrogens is 392 g/mol. The fraction of sp³-hybridized carbons (Fsp3) is 0.208. The van der Waals surface area contributed by atoms with Crippen molar-refractivity contribution in [2.45, 2.75) is 26.9 Å². The van der Waals surface area contributed by atoms with E-state index >= 15 is 0 Å². The molecule has 154 valence electrons. The Morgan fingerprint density at radius 2 is 1.83 bits per heavy atom. The van der Waals surface area contributed by atoms with E-state index in [9.17, 15) is 0 Å². The van der Waals surface area contributed by atoms with Crippen molar-refractivity contribution < 1.29 is 6.16 Å². The van der Waals surface area contributed by atoms with E-state index in [1.807, 2.05) is 36.5 Å². The number of thiazole rings is 1. The van der Waals surface area contributed by atoms with Gasteiger partial charge in [-0.2, -0.15) is 0 Å². The predicted molar refractivity (Wildman–Crippen MR) is 125 cm³/mol. The van der Waals surface area contributed by atoms with Crippen molar-refractivity contribution in [3.63, 3.8) is 0 Å². The molecule has 0 unspecified atom stereocenters.